The Morgan fingerprint density at radius 3 is 2.06 bits per heavy atom. The smallest absolute Gasteiger partial charge is 0.203 e. The van der Waals surface area contributed by atoms with Gasteiger partial charge in [-0.1, -0.05) is 0 Å². The molecule has 0 amide bonds. The number of nitrogens with zero attached hydrogens (tertiary/aromatic N) is 2. The van der Waals surface area contributed by atoms with E-state index in [-0.39, 0.29) is 11.6 Å². The van der Waals surface area contributed by atoms with Crippen LogP contribution in [-0.2, 0) is 0 Å². The number of aromatic nitrogens is 2. The molecule has 162 valence electrons. The average Bonchev–Trinajstić information content (AvgIpc) is 3.29. The topological polar surface area (TPSA) is 62.6 Å². The summed E-state index contributed by atoms with van der Waals surface area (Å²) < 4.78 is 31.4. The molecule has 2 aromatic heterocycles. The van der Waals surface area contributed by atoms with Gasteiger partial charge in [0, 0.05) is 47.2 Å². The molecule has 0 radical (unpaired) electrons. The zero-order valence-electron chi connectivity index (χ0n) is 17.8. The number of pyridine rings is 1. The molecule has 0 atom stereocenters. The summed E-state index contributed by atoms with van der Waals surface area (Å²) in [5.74, 6) is 0.628. The van der Waals surface area contributed by atoms with Gasteiger partial charge >= 0.3 is 0 Å². The maximum atomic E-state index is 13.6. The number of benzene rings is 2. The minimum Gasteiger partial charge on any atom is -0.493 e. The van der Waals surface area contributed by atoms with Crippen LogP contribution in [0.5, 0.6) is 17.2 Å². The number of hydrogen-bond acceptors (Lipinski definition) is 5. The van der Waals surface area contributed by atoms with Crippen molar-refractivity contribution in [1.82, 2.24) is 9.55 Å². The van der Waals surface area contributed by atoms with E-state index in [0.29, 0.717) is 28.4 Å². The fourth-order valence-electron chi connectivity index (χ4n) is 3.53. The summed E-state index contributed by atoms with van der Waals surface area (Å²) in [7, 11) is 4.50. The van der Waals surface area contributed by atoms with Crippen molar-refractivity contribution in [3.63, 3.8) is 0 Å². The van der Waals surface area contributed by atoms with Crippen molar-refractivity contribution in [2.24, 2.45) is 0 Å². The van der Waals surface area contributed by atoms with Gasteiger partial charge in [0.2, 0.25) is 5.75 Å². The zero-order valence-corrected chi connectivity index (χ0v) is 17.8. The molecule has 7 heteroatoms. The van der Waals surface area contributed by atoms with E-state index in [2.05, 4.69) is 4.98 Å². The Labute approximate surface area is 184 Å². The SMILES string of the molecule is COc1cc(C(=O)c2cn(-c3ccc(F)cc3)cc2-c2ccncc2)cc(OC)c1OC. The molecule has 2 heterocycles. The van der Waals surface area contributed by atoms with Gasteiger partial charge in [-0.05, 0) is 54.1 Å². The van der Waals surface area contributed by atoms with Crippen LogP contribution in [0.15, 0.2) is 73.3 Å². The minimum absolute atomic E-state index is 0.225. The van der Waals surface area contributed by atoms with Crippen LogP contribution in [0.4, 0.5) is 4.39 Å². The van der Waals surface area contributed by atoms with E-state index >= 15 is 0 Å². The van der Waals surface area contributed by atoms with Gasteiger partial charge in [-0.2, -0.15) is 0 Å². The molecule has 2 aromatic carbocycles. The Morgan fingerprint density at radius 2 is 1.50 bits per heavy atom. The first-order valence-electron chi connectivity index (χ1n) is 9.78. The molecule has 0 saturated heterocycles. The Hall–Kier alpha value is -4.13. The molecule has 0 fully saturated rings. The molecule has 0 spiro atoms. The van der Waals surface area contributed by atoms with Gasteiger partial charge in [-0.15, -0.1) is 0 Å². The van der Waals surface area contributed by atoms with Crippen molar-refractivity contribution >= 4 is 5.78 Å². The standard InChI is InChI=1S/C25H21FN2O4/c1-30-22-12-17(13-23(31-2)25(22)32-3)24(29)21-15-28(19-6-4-18(26)5-7-19)14-20(21)16-8-10-27-11-9-16/h4-15H,1-3H3. The lowest BCUT2D eigenvalue weighted by Crippen LogP contribution is -2.04. The molecule has 0 aliphatic heterocycles. The van der Waals surface area contributed by atoms with Gasteiger partial charge < -0.3 is 18.8 Å². The van der Waals surface area contributed by atoms with Crippen molar-refractivity contribution in [3.05, 3.63) is 90.3 Å². The molecule has 4 rings (SSSR count). The van der Waals surface area contributed by atoms with Gasteiger partial charge in [0.05, 0.1) is 21.3 Å². The summed E-state index contributed by atoms with van der Waals surface area (Å²) in [5, 5.41) is 0. The summed E-state index contributed by atoms with van der Waals surface area (Å²) in [6, 6.07) is 13.0. The molecule has 0 bridgehead atoms. The normalized spacial score (nSPS) is 10.6. The van der Waals surface area contributed by atoms with E-state index in [0.717, 1.165) is 16.8 Å². The first-order chi connectivity index (χ1) is 15.5. The second-order valence-corrected chi connectivity index (χ2v) is 6.95. The number of carbonyl (C=O) groups is 1. The van der Waals surface area contributed by atoms with Crippen molar-refractivity contribution in [3.8, 4) is 34.1 Å². The van der Waals surface area contributed by atoms with Gasteiger partial charge in [-0.3, -0.25) is 9.78 Å². The molecular formula is C25H21FN2O4. The van der Waals surface area contributed by atoms with Crippen LogP contribution in [0.3, 0.4) is 0 Å². The highest BCUT2D eigenvalue weighted by atomic mass is 19.1. The third kappa shape index (κ3) is 3.92. The number of hydrogen-bond donors (Lipinski definition) is 0. The Bertz CT molecular complexity index is 1230. The van der Waals surface area contributed by atoms with E-state index in [4.69, 9.17) is 14.2 Å². The van der Waals surface area contributed by atoms with Crippen LogP contribution in [0.25, 0.3) is 16.8 Å². The van der Waals surface area contributed by atoms with Crippen molar-refractivity contribution < 1.29 is 23.4 Å². The van der Waals surface area contributed by atoms with Crippen LogP contribution >= 0.6 is 0 Å². The first kappa shape index (κ1) is 21.1. The Balaban J connectivity index is 1.87. The lowest BCUT2D eigenvalue weighted by atomic mass is 9.98. The number of ether oxygens (including phenoxy) is 3. The molecule has 0 aliphatic rings. The summed E-state index contributed by atoms with van der Waals surface area (Å²) in [4.78, 5) is 17.7. The van der Waals surface area contributed by atoms with E-state index in [1.165, 1.54) is 33.5 Å². The van der Waals surface area contributed by atoms with Crippen LogP contribution in [-0.4, -0.2) is 36.7 Å². The molecule has 0 aliphatic carbocycles. The second kappa shape index (κ2) is 8.93. The van der Waals surface area contributed by atoms with E-state index in [1.54, 1.807) is 47.4 Å². The van der Waals surface area contributed by atoms with E-state index in [9.17, 15) is 9.18 Å². The number of halogens is 1. The lowest BCUT2D eigenvalue weighted by molar-refractivity contribution is 0.103. The summed E-state index contributed by atoms with van der Waals surface area (Å²) >= 11 is 0. The van der Waals surface area contributed by atoms with Gasteiger partial charge in [0.25, 0.3) is 0 Å². The van der Waals surface area contributed by atoms with Crippen molar-refractivity contribution in [2.45, 2.75) is 0 Å². The highest BCUT2D eigenvalue weighted by Gasteiger charge is 2.22. The largest absolute Gasteiger partial charge is 0.493 e. The maximum absolute atomic E-state index is 13.6. The van der Waals surface area contributed by atoms with Gasteiger partial charge in [-0.25, -0.2) is 4.39 Å². The number of carbonyl (C=O) groups excluding carboxylic acids is 1. The quantitative estimate of drug-likeness (QED) is 0.387. The van der Waals surface area contributed by atoms with Crippen LogP contribution in [0, 0.1) is 5.82 Å². The first-order valence-corrected chi connectivity index (χ1v) is 9.78. The third-order valence-corrected chi connectivity index (χ3v) is 5.11. The highest BCUT2D eigenvalue weighted by molar-refractivity contribution is 6.13. The summed E-state index contributed by atoms with van der Waals surface area (Å²) in [5.41, 5.74) is 3.12. The summed E-state index contributed by atoms with van der Waals surface area (Å²) in [6.07, 6.45) is 6.90. The molecule has 32 heavy (non-hydrogen) atoms. The second-order valence-electron chi connectivity index (χ2n) is 6.95. The minimum atomic E-state index is -0.330. The third-order valence-electron chi connectivity index (χ3n) is 5.11. The molecule has 0 saturated carbocycles. The monoisotopic (exact) mass is 432 g/mol. The Morgan fingerprint density at radius 1 is 0.875 bits per heavy atom. The lowest BCUT2D eigenvalue weighted by Gasteiger charge is -2.14. The molecule has 6 nitrogen and oxygen atoms in total. The number of rotatable bonds is 7. The van der Waals surface area contributed by atoms with Gasteiger partial charge in [0.15, 0.2) is 17.3 Å². The van der Waals surface area contributed by atoms with Crippen LogP contribution < -0.4 is 14.2 Å². The van der Waals surface area contributed by atoms with Crippen LogP contribution in [0.1, 0.15) is 15.9 Å². The van der Waals surface area contributed by atoms with Crippen molar-refractivity contribution in [2.75, 3.05) is 21.3 Å². The molecule has 0 N–H and O–H groups in total. The maximum Gasteiger partial charge on any atom is 0.203 e. The predicted octanol–water partition coefficient (Wildman–Crippen LogP) is 4.94. The van der Waals surface area contributed by atoms with Gasteiger partial charge in [0.1, 0.15) is 5.82 Å². The zero-order chi connectivity index (χ0) is 22.7. The van der Waals surface area contributed by atoms with E-state index < -0.39 is 0 Å². The molecule has 4 aromatic rings. The summed E-state index contributed by atoms with van der Waals surface area (Å²) in [6.45, 7) is 0. The number of ketones is 1. The fraction of sp³-hybridized carbons (Fsp3) is 0.120. The fourth-order valence-corrected chi connectivity index (χ4v) is 3.53. The Kier molecular flexibility index (Phi) is 5.89. The van der Waals surface area contributed by atoms with E-state index in [1.807, 2.05) is 18.3 Å². The van der Waals surface area contributed by atoms with Crippen LogP contribution in [0.2, 0.25) is 0 Å². The highest BCUT2D eigenvalue weighted by Crippen LogP contribution is 2.39. The molecule has 0 unspecified atom stereocenters. The van der Waals surface area contributed by atoms with Crippen molar-refractivity contribution in [1.29, 1.82) is 0 Å². The number of methoxy groups -OCH3 is 3. The predicted molar refractivity (Wildman–Crippen MR) is 118 cm³/mol. The average molecular weight is 432 g/mol. The molecular weight excluding hydrogens is 411 g/mol.